The van der Waals surface area contributed by atoms with E-state index < -0.39 is 0 Å². The van der Waals surface area contributed by atoms with Crippen LogP contribution in [0.1, 0.15) is 0 Å². The standard InChI is InChI=1S/C16H2S/c1-2-3-4-5-6-7-8-9-10-11-12-13-14-15-16-17/h1H2. The van der Waals surface area contributed by atoms with E-state index in [1.807, 2.05) is 0 Å². The Bertz CT molecular complexity index is 763. The number of hydrogen-bond donors (Lipinski definition) is 0. The highest BCUT2D eigenvalue weighted by atomic mass is 32.1. The molecule has 0 aliphatic carbocycles. The highest BCUT2D eigenvalue weighted by Gasteiger charge is 1.40. The molecule has 72 valence electrons. The van der Waals surface area contributed by atoms with Crippen LogP contribution in [0.15, 0.2) is 86.8 Å². The van der Waals surface area contributed by atoms with Crippen molar-refractivity contribution in [2.45, 2.75) is 0 Å². The maximum Gasteiger partial charge on any atom is 0.0148 e. The Kier molecular flexibility index (Phi) is 10.4. The normalized spacial score (nSPS) is 3.76. The van der Waals surface area contributed by atoms with Crippen LogP contribution in [0.5, 0.6) is 0 Å². The topological polar surface area (TPSA) is 0 Å². The average Bonchev–Trinajstić information content (AvgIpc) is 2.35. The lowest BCUT2D eigenvalue weighted by Gasteiger charge is -1.39. The van der Waals surface area contributed by atoms with Gasteiger partial charge in [0.05, 0.1) is 0 Å². The quantitative estimate of drug-likeness (QED) is 0.452. The molecule has 0 aliphatic heterocycles. The smallest absolute Gasteiger partial charge is 0.0148 e. The summed E-state index contributed by atoms with van der Waals surface area (Å²) >= 11 is 4.35. The third-order valence-corrected chi connectivity index (χ3v) is 0.991. The van der Waals surface area contributed by atoms with Crippen LogP contribution in [0.2, 0.25) is 0 Å². The minimum absolute atomic E-state index is 2.21. The van der Waals surface area contributed by atoms with Gasteiger partial charge in [-0.2, -0.15) is 0 Å². The highest BCUT2D eigenvalue weighted by Crippen LogP contribution is 1.56. The van der Waals surface area contributed by atoms with Gasteiger partial charge in [0.1, 0.15) is 0 Å². The summed E-state index contributed by atoms with van der Waals surface area (Å²) in [6.45, 7) is 3.29. The highest BCUT2D eigenvalue weighted by molar-refractivity contribution is 7.78. The summed E-state index contributed by atoms with van der Waals surface area (Å²) in [5, 5.41) is 2.21. The first-order valence-corrected chi connectivity index (χ1v) is 4.47. The molecule has 0 heterocycles. The molecule has 0 saturated carbocycles. The molecule has 1 heteroatoms. The van der Waals surface area contributed by atoms with Crippen LogP contribution >= 0.6 is 12.2 Å². The third kappa shape index (κ3) is 12.8. The summed E-state index contributed by atoms with van der Waals surface area (Å²) in [6.07, 6.45) is 0. The van der Waals surface area contributed by atoms with Crippen LogP contribution in [0.4, 0.5) is 0 Å². The fourth-order valence-electron chi connectivity index (χ4n) is 0.413. The zero-order valence-corrected chi connectivity index (χ0v) is 9.43. The maximum atomic E-state index is 4.35. The predicted molar refractivity (Wildman–Crippen MR) is 67.4 cm³/mol. The van der Waals surface area contributed by atoms with E-state index in [4.69, 9.17) is 0 Å². The van der Waals surface area contributed by atoms with Crippen molar-refractivity contribution in [2.24, 2.45) is 0 Å². The Balaban J connectivity index is 5.69. The molecule has 0 aliphatic rings. The summed E-state index contributed by atoms with van der Waals surface area (Å²) in [4.78, 5) is 0. The molecule has 0 saturated heterocycles. The summed E-state index contributed by atoms with van der Waals surface area (Å²) in [6, 6.07) is 0. The molecule has 0 atom stereocenters. The molecule has 0 rings (SSSR count). The van der Waals surface area contributed by atoms with Gasteiger partial charge in [-0.15, -0.1) is 0 Å². The van der Waals surface area contributed by atoms with Crippen molar-refractivity contribution in [3.8, 4) is 0 Å². The Morgan fingerprint density at radius 1 is 0.471 bits per heavy atom. The van der Waals surface area contributed by atoms with Crippen LogP contribution in [0.25, 0.3) is 0 Å². The number of rotatable bonds is 0. The minimum Gasteiger partial charge on any atom is -0.0687 e. The molecule has 0 N–H and O–H groups in total. The molecule has 0 unspecified atom stereocenters. The van der Waals surface area contributed by atoms with Gasteiger partial charge < -0.3 is 0 Å². The summed E-state index contributed by atoms with van der Waals surface area (Å²) in [5.41, 5.74) is 34.3. The molecule has 0 spiro atoms. The van der Waals surface area contributed by atoms with Gasteiger partial charge in [-0.25, -0.2) is 0 Å². The Labute approximate surface area is 104 Å². The summed E-state index contributed by atoms with van der Waals surface area (Å²) in [7, 11) is 0. The molecule has 0 aromatic heterocycles. The van der Waals surface area contributed by atoms with E-state index in [1.54, 1.807) is 0 Å². The predicted octanol–water partition coefficient (Wildman–Crippen LogP) is 2.94. The van der Waals surface area contributed by atoms with Crippen molar-refractivity contribution < 1.29 is 0 Å². The van der Waals surface area contributed by atoms with Crippen LogP contribution in [-0.4, -0.2) is 5.02 Å². The van der Waals surface area contributed by atoms with E-state index in [0.29, 0.717) is 0 Å². The van der Waals surface area contributed by atoms with Gasteiger partial charge in [0, 0.05) is 39.4 Å². The van der Waals surface area contributed by atoms with Crippen molar-refractivity contribution in [1.82, 2.24) is 0 Å². The van der Waals surface area contributed by atoms with E-state index >= 15 is 0 Å². The minimum atomic E-state index is 2.21. The molecular weight excluding hydrogens is 224 g/mol. The van der Waals surface area contributed by atoms with Crippen LogP contribution < -0.4 is 0 Å². The molecule has 17 heavy (non-hydrogen) atoms. The first kappa shape index (κ1) is 13.8. The van der Waals surface area contributed by atoms with Crippen molar-refractivity contribution in [2.75, 3.05) is 0 Å². The number of thiocarbonyl (C=S) groups is 1. The van der Waals surface area contributed by atoms with E-state index in [-0.39, 0.29) is 0 Å². The molecule has 0 bridgehead atoms. The number of hydrogen-bond acceptors (Lipinski definition) is 1. The molecule has 0 nitrogen and oxygen atoms in total. The SMILES string of the molecule is C=C=C=C=C=C=C=C=C=C=C=C=C=C=C=C=S. The van der Waals surface area contributed by atoms with Crippen LogP contribution in [-0.2, 0) is 0 Å². The van der Waals surface area contributed by atoms with Gasteiger partial charge in [-0.05, 0) is 58.9 Å². The molecule has 0 fully saturated rings. The van der Waals surface area contributed by atoms with E-state index in [1.165, 1.54) is 0 Å². The van der Waals surface area contributed by atoms with Gasteiger partial charge in [0.25, 0.3) is 0 Å². The lowest BCUT2D eigenvalue weighted by molar-refractivity contribution is 2.13. The molecule has 0 amide bonds. The summed E-state index contributed by atoms with van der Waals surface area (Å²) in [5.74, 6) is 0. The first-order valence-electron chi connectivity index (χ1n) is 4.06. The van der Waals surface area contributed by atoms with E-state index in [0.717, 1.165) is 0 Å². The lowest BCUT2D eigenvalue weighted by Crippen LogP contribution is -1.25. The van der Waals surface area contributed by atoms with E-state index in [9.17, 15) is 0 Å². The van der Waals surface area contributed by atoms with Gasteiger partial charge in [0.2, 0.25) is 0 Å². The lowest BCUT2D eigenvalue weighted by atomic mass is 10.6. The second kappa shape index (κ2) is 12.8. The largest absolute Gasteiger partial charge is 0.0687 e. The Morgan fingerprint density at radius 3 is 1.06 bits per heavy atom. The fraction of sp³-hybridized carbons (Fsp3) is 0. The molecule has 0 radical (unpaired) electrons. The van der Waals surface area contributed by atoms with Crippen LogP contribution in [0, 0.1) is 0 Å². The average molecular weight is 226 g/mol. The molecule has 0 aromatic carbocycles. The van der Waals surface area contributed by atoms with Gasteiger partial charge in [0.15, 0.2) is 0 Å². The Morgan fingerprint density at radius 2 is 0.765 bits per heavy atom. The summed E-state index contributed by atoms with van der Waals surface area (Å²) < 4.78 is 0. The van der Waals surface area contributed by atoms with Gasteiger partial charge in [-0.1, -0.05) is 5.73 Å². The molecular formula is C16H2S. The van der Waals surface area contributed by atoms with Crippen molar-refractivity contribution in [1.29, 1.82) is 0 Å². The Hall–Kier alpha value is -3.21. The van der Waals surface area contributed by atoms with Crippen LogP contribution in [0.3, 0.4) is 0 Å². The van der Waals surface area contributed by atoms with Crippen molar-refractivity contribution >= 4 is 17.2 Å². The zero-order chi connectivity index (χ0) is 12.6. The molecule has 0 aromatic rings. The third-order valence-electron chi connectivity index (χ3n) is 0.889. The zero-order valence-electron chi connectivity index (χ0n) is 8.62. The van der Waals surface area contributed by atoms with Gasteiger partial charge >= 0.3 is 0 Å². The van der Waals surface area contributed by atoms with Crippen molar-refractivity contribution in [3.05, 3.63) is 86.8 Å². The fourth-order valence-corrected chi connectivity index (χ4v) is 0.464. The van der Waals surface area contributed by atoms with E-state index in [2.05, 4.69) is 104 Å². The van der Waals surface area contributed by atoms with Gasteiger partial charge in [-0.3, -0.25) is 0 Å². The monoisotopic (exact) mass is 226 g/mol. The maximum absolute atomic E-state index is 4.35. The van der Waals surface area contributed by atoms with Crippen molar-refractivity contribution in [3.63, 3.8) is 0 Å². The second-order valence-electron chi connectivity index (χ2n) is 1.90. The first-order chi connectivity index (χ1) is 8.41. The second-order valence-corrected chi connectivity index (χ2v) is 2.11.